The predicted octanol–water partition coefficient (Wildman–Crippen LogP) is 7.07. The van der Waals surface area contributed by atoms with E-state index >= 15 is 0 Å². The molecule has 1 fully saturated rings. The largest absolute Gasteiger partial charge is 0.497 e. The zero-order chi connectivity index (χ0) is 28.1. The number of amides is 1. The van der Waals surface area contributed by atoms with Gasteiger partial charge in [0.15, 0.2) is 5.78 Å². The highest BCUT2D eigenvalue weighted by Crippen LogP contribution is 2.43. The van der Waals surface area contributed by atoms with Gasteiger partial charge < -0.3 is 15.0 Å². The van der Waals surface area contributed by atoms with E-state index in [0.717, 1.165) is 47.0 Å². The molecule has 6 heteroatoms. The summed E-state index contributed by atoms with van der Waals surface area (Å²) in [6.45, 7) is 5.77. The molecule has 40 heavy (non-hydrogen) atoms. The molecule has 5 rings (SSSR count). The monoisotopic (exact) mass is 537 g/mol. The maximum absolute atomic E-state index is 14.2. The van der Waals surface area contributed by atoms with Crippen LogP contribution in [0.3, 0.4) is 0 Å². The molecular formula is C34H39N3O3. The Balaban J connectivity index is 1.55. The normalized spacial score (nSPS) is 17.1. The first-order chi connectivity index (χ1) is 19.5. The van der Waals surface area contributed by atoms with Gasteiger partial charge in [-0.05, 0) is 79.6 Å². The molecule has 6 nitrogen and oxygen atoms in total. The van der Waals surface area contributed by atoms with Gasteiger partial charge in [0.2, 0.25) is 5.91 Å². The maximum Gasteiger partial charge on any atom is 0.224 e. The number of allylic oxidation sites excluding steroid dienone is 1. The third-order valence-corrected chi connectivity index (χ3v) is 8.03. The number of nitrogens with zero attached hydrogens (tertiary/aromatic N) is 2. The van der Waals surface area contributed by atoms with Gasteiger partial charge in [0.05, 0.1) is 24.5 Å². The van der Waals surface area contributed by atoms with Crippen LogP contribution in [0.1, 0.15) is 63.1 Å². The summed E-state index contributed by atoms with van der Waals surface area (Å²) >= 11 is 0. The van der Waals surface area contributed by atoms with Gasteiger partial charge in [-0.15, -0.1) is 0 Å². The second-order valence-electron chi connectivity index (χ2n) is 10.6. The second kappa shape index (κ2) is 12.4. The highest BCUT2D eigenvalue weighted by molar-refractivity contribution is 6.05. The van der Waals surface area contributed by atoms with E-state index in [1.165, 1.54) is 24.9 Å². The fourth-order valence-electron chi connectivity index (χ4n) is 5.92. The molecule has 1 saturated heterocycles. The van der Waals surface area contributed by atoms with Crippen molar-refractivity contribution in [1.29, 1.82) is 0 Å². The van der Waals surface area contributed by atoms with Gasteiger partial charge in [-0.2, -0.15) is 0 Å². The van der Waals surface area contributed by atoms with E-state index in [4.69, 9.17) is 4.74 Å². The Bertz CT molecular complexity index is 1370. The number of nitrogens with one attached hydrogen (secondary N) is 1. The van der Waals surface area contributed by atoms with E-state index < -0.39 is 6.04 Å². The van der Waals surface area contributed by atoms with Gasteiger partial charge in [0.1, 0.15) is 5.75 Å². The number of hydrogen-bond acceptors (Lipinski definition) is 5. The van der Waals surface area contributed by atoms with Crippen molar-refractivity contribution in [1.82, 2.24) is 0 Å². The number of aryl methyl sites for hydroxylation is 1. The average molecular weight is 538 g/mol. The van der Waals surface area contributed by atoms with Crippen LogP contribution in [-0.2, 0) is 16.0 Å². The molecule has 0 saturated carbocycles. The topological polar surface area (TPSA) is 61.9 Å². The summed E-state index contributed by atoms with van der Waals surface area (Å²) in [7, 11) is 1.65. The number of carbonyl (C=O) groups is 2. The van der Waals surface area contributed by atoms with Crippen LogP contribution < -0.4 is 19.9 Å². The van der Waals surface area contributed by atoms with Crippen LogP contribution >= 0.6 is 0 Å². The lowest BCUT2D eigenvalue weighted by Gasteiger charge is -2.33. The molecule has 0 spiro atoms. The minimum Gasteiger partial charge on any atom is -0.497 e. The zero-order valence-corrected chi connectivity index (χ0v) is 23.8. The van der Waals surface area contributed by atoms with Crippen molar-refractivity contribution in [3.05, 3.63) is 95.2 Å². The van der Waals surface area contributed by atoms with Gasteiger partial charge in [-0.25, -0.2) is 0 Å². The third-order valence-electron chi connectivity index (χ3n) is 8.03. The van der Waals surface area contributed by atoms with Crippen molar-refractivity contribution in [2.24, 2.45) is 0 Å². The third kappa shape index (κ3) is 5.76. The van der Waals surface area contributed by atoms with Crippen LogP contribution in [0.2, 0.25) is 0 Å². The summed E-state index contributed by atoms with van der Waals surface area (Å²) in [6.07, 6.45) is 5.30. The Morgan fingerprint density at radius 2 is 1.62 bits per heavy atom. The van der Waals surface area contributed by atoms with E-state index in [9.17, 15) is 9.59 Å². The molecule has 2 aliphatic heterocycles. The van der Waals surface area contributed by atoms with E-state index in [1.807, 2.05) is 48.5 Å². The fraction of sp³-hybridized carbons (Fsp3) is 0.353. The number of anilines is 3. The summed E-state index contributed by atoms with van der Waals surface area (Å²) in [5.41, 5.74) is 6.34. The SMILES string of the molecule is CCC1=C(C(=O)CCc2ccc(OC)cc2)C(c2ccc(N3CCCCC3)cc2)N(C(C)=O)c2ccccc2N1. The van der Waals surface area contributed by atoms with Gasteiger partial charge >= 0.3 is 0 Å². The van der Waals surface area contributed by atoms with Crippen molar-refractivity contribution in [3.8, 4) is 5.75 Å². The number of para-hydroxylation sites is 2. The summed E-state index contributed by atoms with van der Waals surface area (Å²) in [4.78, 5) is 31.7. The molecule has 0 aliphatic carbocycles. The fourth-order valence-corrected chi connectivity index (χ4v) is 5.92. The summed E-state index contributed by atoms with van der Waals surface area (Å²) in [5, 5.41) is 3.54. The molecule has 1 unspecified atom stereocenters. The first-order valence-corrected chi connectivity index (χ1v) is 14.4. The second-order valence-corrected chi connectivity index (χ2v) is 10.6. The summed E-state index contributed by atoms with van der Waals surface area (Å²) in [5.74, 6) is 0.739. The number of carbonyl (C=O) groups excluding carboxylic acids is 2. The molecule has 2 heterocycles. The Morgan fingerprint density at radius 1 is 0.925 bits per heavy atom. The summed E-state index contributed by atoms with van der Waals surface area (Å²) < 4.78 is 5.28. The van der Waals surface area contributed by atoms with Crippen molar-refractivity contribution < 1.29 is 14.3 Å². The number of Topliss-reactive ketones (excluding diaryl/α,β-unsaturated/α-hetero) is 1. The lowest BCUT2D eigenvalue weighted by Crippen LogP contribution is -2.36. The Labute approximate surface area is 237 Å². The van der Waals surface area contributed by atoms with E-state index in [-0.39, 0.29) is 11.7 Å². The Hall–Kier alpha value is -4.06. The van der Waals surface area contributed by atoms with Crippen LogP contribution in [0, 0.1) is 0 Å². The lowest BCUT2D eigenvalue weighted by atomic mass is 9.89. The number of fused-ring (bicyclic) bond motifs is 1. The van der Waals surface area contributed by atoms with E-state index in [0.29, 0.717) is 24.8 Å². The molecule has 0 radical (unpaired) electrons. The quantitative estimate of drug-likeness (QED) is 0.333. The Morgan fingerprint density at radius 3 is 2.27 bits per heavy atom. The number of methoxy groups -OCH3 is 1. The number of ether oxygens (including phenoxy) is 1. The zero-order valence-electron chi connectivity index (χ0n) is 23.8. The van der Waals surface area contributed by atoms with Crippen LogP contribution in [0.5, 0.6) is 5.75 Å². The minimum atomic E-state index is -0.526. The van der Waals surface area contributed by atoms with Crippen LogP contribution in [-0.4, -0.2) is 31.9 Å². The van der Waals surface area contributed by atoms with Gasteiger partial charge in [-0.1, -0.05) is 43.3 Å². The molecule has 3 aromatic carbocycles. The molecule has 208 valence electrons. The lowest BCUT2D eigenvalue weighted by molar-refractivity contribution is -0.117. The smallest absolute Gasteiger partial charge is 0.224 e. The first-order valence-electron chi connectivity index (χ1n) is 14.4. The van der Waals surface area contributed by atoms with Gasteiger partial charge in [0.25, 0.3) is 0 Å². The van der Waals surface area contributed by atoms with E-state index in [1.54, 1.807) is 18.9 Å². The summed E-state index contributed by atoms with van der Waals surface area (Å²) in [6, 6.07) is 23.6. The molecule has 0 aromatic heterocycles. The highest BCUT2D eigenvalue weighted by Gasteiger charge is 2.36. The van der Waals surface area contributed by atoms with Crippen molar-refractivity contribution >= 4 is 28.8 Å². The number of rotatable bonds is 8. The average Bonchev–Trinajstić information content (AvgIpc) is 3.15. The molecular weight excluding hydrogens is 498 g/mol. The van der Waals surface area contributed by atoms with Gasteiger partial charge in [-0.3, -0.25) is 14.5 Å². The van der Waals surface area contributed by atoms with Crippen LogP contribution in [0.4, 0.5) is 17.1 Å². The standard InChI is InChI=1S/C34H39N3O3/c1-4-29-33(32(39)21-14-25-12-19-28(40-3)20-13-25)34(37(24(2)38)31-11-7-6-10-30(31)35-29)26-15-17-27(18-16-26)36-22-8-5-9-23-36/h6-7,10-13,15-20,34-35H,4-5,8-9,14,21-23H2,1-3H3. The molecule has 1 N–H and O–H groups in total. The van der Waals surface area contributed by atoms with Crippen LogP contribution in [0.25, 0.3) is 0 Å². The van der Waals surface area contributed by atoms with Crippen molar-refractivity contribution in [2.75, 3.05) is 35.3 Å². The maximum atomic E-state index is 14.2. The van der Waals surface area contributed by atoms with Crippen molar-refractivity contribution in [3.63, 3.8) is 0 Å². The van der Waals surface area contributed by atoms with E-state index in [2.05, 4.69) is 41.4 Å². The molecule has 0 bridgehead atoms. The molecule has 2 aliphatic rings. The number of benzene rings is 3. The molecule has 1 atom stereocenters. The van der Waals surface area contributed by atoms with Crippen molar-refractivity contribution in [2.45, 2.75) is 58.4 Å². The van der Waals surface area contributed by atoms with Crippen LogP contribution in [0.15, 0.2) is 84.1 Å². The first kappa shape index (κ1) is 27.5. The predicted molar refractivity (Wildman–Crippen MR) is 162 cm³/mol. The highest BCUT2D eigenvalue weighted by atomic mass is 16.5. The Kier molecular flexibility index (Phi) is 8.54. The number of hydrogen-bond donors (Lipinski definition) is 1. The number of piperidine rings is 1. The molecule has 3 aromatic rings. The minimum absolute atomic E-state index is 0.0457. The number of ketones is 1. The molecule has 1 amide bonds. The van der Waals surface area contributed by atoms with Gasteiger partial charge in [0, 0.05) is 43.4 Å².